The molecule has 0 radical (unpaired) electrons. The number of ether oxygens (including phenoxy) is 2. The Morgan fingerprint density at radius 1 is 1.26 bits per heavy atom. The van der Waals surface area contributed by atoms with Gasteiger partial charge in [0.15, 0.2) is 5.75 Å². The number of nitro groups is 1. The van der Waals surface area contributed by atoms with Gasteiger partial charge in [-0.05, 0) is 42.5 Å². The zero-order chi connectivity index (χ0) is 19.0. The van der Waals surface area contributed by atoms with E-state index in [4.69, 9.17) is 9.47 Å². The Labute approximate surface area is 158 Å². The minimum Gasteiger partial charge on any atom is -0.492 e. The standard InChI is InChI=1S/C21H22N2O4/c1-3-27-19-9-5-8-16-14-6-4-7-15(14)20(22-21(16)19)13-10-11-18(26-2)17(12-13)23(24)25/h4-6,8-12,14-15,20,22H,3,7H2,1-2H3/t14-,15+,20-/m0/s1. The van der Waals surface area contributed by atoms with Crippen LogP contribution in [0.25, 0.3) is 0 Å². The number of hydrogen-bond donors (Lipinski definition) is 1. The number of fused-ring (bicyclic) bond motifs is 3. The minimum absolute atomic E-state index is 0.0109. The molecule has 140 valence electrons. The van der Waals surface area contributed by atoms with Crippen molar-refractivity contribution in [1.82, 2.24) is 0 Å². The maximum Gasteiger partial charge on any atom is 0.311 e. The van der Waals surface area contributed by atoms with Crippen LogP contribution in [0.15, 0.2) is 48.6 Å². The largest absolute Gasteiger partial charge is 0.492 e. The molecule has 4 rings (SSSR count). The van der Waals surface area contributed by atoms with Crippen LogP contribution in [0.5, 0.6) is 11.5 Å². The van der Waals surface area contributed by atoms with E-state index in [1.165, 1.54) is 12.7 Å². The predicted octanol–water partition coefficient (Wildman–Crippen LogP) is 4.83. The number of rotatable bonds is 5. The minimum atomic E-state index is -0.394. The summed E-state index contributed by atoms with van der Waals surface area (Å²) in [5.41, 5.74) is 3.08. The number of hydrogen-bond acceptors (Lipinski definition) is 5. The van der Waals surface area contributed by atoms with E-state index in [1.807, 2.05) is 25.1 Å². The van der Waals surface area contributed by atoms with Gasteiger partial charge >= 0.3 is 5.69 Å². The van der Waals surface area contributed by atoms with Crippen molar-refractivity contribution in [3.8, 4) is 11.5 Å². The highest BCUT2D eigenvalue weighted by molar-refractivity contribution is 5.68. The number of anilines is 1. The van der Waals surface area contributed by atoms with E-state index >= 15 is 0 Å². The van der Waals surface area contributed by atoms with Crippen LogP contribution in [0.2, 0.25) is 0 Å². The summed E-state index contributed by atoms with van der Waals surface area (Å²) < 4.78 is 11.0. The van der Waals surface area contributed by atoms with Crippen molar-refractivity contribution in [1.29, 1.82) is 0 Å². The van der Waals surface area contributed by atoms with Crippen LogP contribution in [0.3, 0.4) is 0 Å². The van der Waals surface area contributed by atoms with Crippen LogP contribution in [0, 0.1) is 16.0 Å². The van der Waals surface area contributed by atoms with Crippen LogP contribution in [-0.4, -0.2) is 18.6 Å². The van der Waals surface area contributed by atoms with E-state index in [9.17, 15) is 10.1 Å². The molecule has 0 unspecified atom stereocenters. The lowest BCUT2D eigenvalue weighted by atomic mass is 9.77. The number of nitrogens with zero attached hydrogens (tertiary/aromatic N) is 1. The molecule has 2 aromatic rings. The molecule has 1 aliphatic carbocycles. The van der Waals surface area contributed by atoms with E-state index in [0.717, 1.165) is 23.4 Å². The van der Waals surface area contributed by atoms with E-state index in [2.05, 4.69) is 23.5 Å². The molecule has 0 bridgehead atoms. The average molecular weight is 366 g/mol. The normalized spacial score (nSPS) is 22.5. The van der Waals surface area contributed by atoms with Gasteiger partial charge in [0, 0.05) is 12.0 Å². The van der Waals surface area contributed by atoms with Gasteiger partial charge in [0.25, 0.3) is 0 Å². The second-order valence-corrected chi connectivity index (χ2v) is 6.82. The summed E-state index contributed by atoms with van der Waals surface area (Å²) in [5.74, 6) is 1.67. The van der Waals surface area contributed by atoms with Gasteiger partial charge in [-0.15, -0.1) is 0 Å². The number of para-hydroxylation sites is 1. The zero-order valence-electron chi connectivity index (χ0n) is 15.3. The van der Waals surface area contributed by atoms with Gasteiger partial charge in [-0.3, -0.25) is 10.1 Å². The first kappa shape index (κ1) is 17.4. The SMILES string of the molecule is CCOc1cccc2c1N[C@@H](c1ccc(OC)c([N+](=O)[O-])c1)[C@@H]1CC=C[C@H]21. The third-order valence-electron chi connectivity index (χ3n) is 5.42. The third-order valence-corrected chi connectivity index (χ3v) is 5.42. The van der Waals surface area contributed by atoms with E-state index < -0.39 is 4.92 Å². The summed E-state index contributed by atoms with van der Waals surface area (Å²) in [6, 6.07) is 11.3. The highest BCUT2D eigenvalue weighted by Crippen LogP contribution is 2.52. The quantitative estimate of drug-likeness (QED) is 0.466. The Bertz CT molecular complexity index is 909. The number of benzene rings is 2. The summed E-state index contributed by atoms with van der Waals surface area (Å²) in [4.78, 5) is 11.1. The molecule has 0 spiro atoms. The molecule has 0 amide bonds. The van der Waals surface area contributed by atoms with Crippen LogP contribution < -0.4 is 14.8 Å². The predicted molar refractivity (Wildman–Crippen MR) is 104 cm³/mol. The summed E-state index contributed by atoms with van der Waals surface area (Å²) in [6.45, 7) is 2.55. The first-order valence-corrected chi connectivity index (χ1v) is 9.15. The van der Waals surface area contributed by atoms with Crippen LogP contribution in [0.1, 0.15) is 36.4 Å². The average Bonchev–Trinajstić information content (AvgIpc) is 3.17. The molecule has 0 saturated heterocycles. The molecule has 1 N–H and O–H groups in total. The van der Waals surface area contributed by atoms with Crippen molar-refractivity contribution in [3.63, 3.8) is 0 Å². The molecule has 6 heteroatoms. The van der Waals surface area contributed by atoms with Crippen molar-refractivity contribution in [3.05, 3.63) is 69.8 Å². The Hall–Kier alpha value is -3.02. The molecule has 1 aliphatic heterocycles. The van der Waals surface area contributed by atoms with Crippen molar-refractivity contribution >= 4 is 11.4 Å². The molecule has 6 nitrogen and oxygen atoms in total. The second kappa shape index (κ2) is 6.95. The number of methoxy groups -OCH3 is 1. The lowest BCUT2D eigenvalue weighted by molar-refractivity contribution is -0.385. The first-order valence-electron chi connectivity index (χ1n) is 9.15. The highest BCUT2D eigenvalue weighted by atomic mass is 16.6. The molecule has 0 aromatic heterocycles. The van der Waals surface area contributed by atoms with E-state index in [0.29, 0.717) is 12.5 Å². The van der Waals surface area contributed by atoms with Crippen molar-refractivity contribution < 1.29 is 14.4 Å². The lowest BCUT2D eigenvalue weighted by Crippen LogP contribution is -2.29. The lowest BCUT2D eigenvalue weighted by Gasteiger charge is -2.38. The summed E-state index contributed by atoms with van der Waals surface area (Å²) in [7, 11) is 1.45. The summed E-state index contributed by atoms with van der Waals surface area (Å²) >= 11 is 0. The third kappa shape index (κ3) is 2.91. The second-order valence-electron chi connectivity index (χ2n) is 6.82. The molecule has 27 heavy (non-hydrogen) atoms. The van der Waals surface area contributed by atoms with Crippen molar-refractivity contribution in [2.75, 3.05) is 19.0 Å². The van der Waals surface area contributed by atoms with Crippen LogP contribution >= 0.6 is 0 Å². The molecule has 0 saturated carbocycles. The first-order chi connectivity index (χ1) is 13.1. The topological polar surface area (TPSA) is 73.6 Å². The Balaban J connectivity index is 1.79. The highest BCUT2D eigenvalue weighted by Gasteiger charge is 2.39. The van der Waals surface area contributed by atoms with Crippen LogP contribution in [0.4, 0.5) is 11.4 Å². The fourth-order valence-corrected chi connectivity index (χ4v) is 4.24. The summed E-state index contributed by atoms with van der Waals surface area (Å²) in [6.07, 6.45) is 5.37. The molecule has 2 aromatic carbocycles. The molecule has 1 heterocycles. The molecular formula is C21H22N2O4. The maximum absolute atomic E-state index is 11.5. The summed E-state index contributed by atoms with van der Waals surface area (Å²) in [5, 5.41) is 15.1. The van der Waals surface area contributed by atoms with E-state index in [-0.39, 0.29) is 23.4 Å². The zero-order valence-corrected chi connectivity index (χ0v) is 15.3. The Kier molecular flexibility index (Phi) is 4.48. The van der Waals surface area contributed by atoms with Gasteiger partial charge in [0.1, 0.15) is 5.75 Å². The Morgan fingerprint density at radius 3 is 2.85 bits per heavy atom. The molecule has 3 atom stereocenters. The Morgan fingerprint density at radius 2 is 2.11 bits per heavy atom. The van der Waals surface area contributed by atoms with Gasteiger partial charge in [-0.25, -0.2) is 0 Å². The number of nitro benzene ring substituents is 1. The van der Waals surface area contributed by atoms with Crippen molar-refractivity contribution in [2.45, 2.75) is 25.3 Å². The monoisotopic (exact) mass is 366 g/mol. The van der Waals surface area contributed by atoms with Gasteiger partial charge in [0.05, 0.1) is 30.4 Å². The molecular weight excluding hydrogens is 344 g/mol. The van der Waals surface area contributed by atoms with Crippen molar-refractivity contribution in [2.24, 2.45) is 5.92 Å². The molecule has 0 fully saturated rings. The van der Waals surface area contributed by atoms with Gasteiger partial charge in [0.2, 0.25) is 0 Å². The fraction of sp³-hybridized carbons (Fsp3) is 0.333. The van der Waals surface area contributed by atoms with Gasteiger partial charge < -0.3 is 14.8 Å². The van der Waals surface area contributed by atoms with Crippen LogP contribution in [-0.2, 0) is 0 Å². The molecule has 2 aliphatic rings. The number of allylic oxidation sites excluding steroid dienone is 2. The van der Waals surface area contributed by atoms with E-state index in [1.54, 1.807) is 12.1 Å². The van der Waals surface area contributed by atoms with Gasteiger partial charge in [-0.1, -0.05) is 30.4 Å². The number of nitrogens with one attached hydrogen (secondary N) is 1. The smallest absolute Gasteiger partial charge is 0.311 e. The maximum atomic E-state index is 11.5. The fourth-order valence-electron chi connectivity index (χ4n) is 4.24. The van der Waals surface area contributed by atoms with Gasteiger partial charge in [-0.2, -0.15) is 0 Å².